The molecule has 0 bridgehead atoms. The number of amides is 1. The molecule has 1 aliphatic rings. The fourth-order valence-corrected chi connectivity index (χ4v) is 4.36. The third kappa shape index (κ3) is 5.78. The molecule has 186 valence electrons. The van der Waals surface area contributed by atoms with E-state index in [9.17, 15) is 28.1 Å². The van der Waals surface area contributed by atoms with Crippen LogP contribution >= 0.6 is 0 Å². The van der Waals surface area contributed by atoms with Crippen LogP contribution < -0.4 is 16.0 Å². The van der Waals surface area contributed by atoms with Crippen molar-refractivity contribution in [2.24, 2.45) is 18.9 Å². The minimum Gasteiger partial charge on any atom is -0.383 e. The maximum absolute atomic E-state index is 13.1. The van der Waals surface area contributed by atoms with Gasteiger partial charge in [-0.25, -0.2) is 4.98 Å². The average Bonchev–Trinajstić information content (AvgIpc) is 3.20. The number of carbonyl (C=O) groups excluding carboxylic acids is 1. The Hall–Kier alpha value is -3.31. The number of rotatable bonds is 8. The number of nitro benzene ring substituents is 1. The largest absolute Gasteiger partial charge is 0.391 e. The van der Waals surface area contributed by atoms with Gasteiger partial charge in [0.1, 0.15) is 11.5 Å². The molecule has 1 saturated carbocycles. The van der Waals surface area contributed by atoms with Crippen molar-refractivity contribution in [1.29, 1.82) is 0 Å². The van der Waals surface area contributed by atoms with Gasteiger partial charge in [0.25, 0.3) is 11.6 Å². The highest BCUT2D eigenvalue weighted by Crippen LogP contribution is 2.40. The van der Waals surface area contributed by atoms with Crippen LogP contribution in [0.3, 0.4) is 0 Å². The van der Waals surface area contributed by atoms with Gasteiger partial charge in [0.2, 0.25) is 0 Å². The first-order valence-corrected chi connectivity index (χ1v) is 11.1. The number of halogens is 3. The van der Waals surface area contributed by atoms with Crippen molar-refractivity contribution >= 4 is 23.0 Å². The highest BCUT2D eigenvalue weighted by atomic mass is 19.4. The monoisotopic (exact) mass is 482 g/mol. The lowest BCUT2D eigenvalue weighted by Crippen LogP contribution is -2.41. The fourth-order valence-electron chi connectivity index (χ4n) is 4.36. The zero-order chi connectivity index (χ0) is 25.0. The van der Waals surface area contributed by atoms with Crippen molar-refractivity contribution in [2.45, 2.75) is 51.4 Å². The smallest absolute Gasteiger partial charge is 0.383 e. The van der Waals surface area contributed by atoms with Crippen LogP contribution in [0.1, 0.15) is 48.8 Å². The molecule has 1 aliphatic carbocycles. The lowest BCUT2D eigenvalue weighted by Gasteiger charge is -2.33. The topological polar surface area (TPSA) is 114 Å². The molecule has 12 heteroatoms. The van der Waals surface area contributed by atoms with Crippen molar-refractivity contribution in [1.82, 2.24) is 14.9 Å². The number of nitrogens with one attached hydrogen (secondary N) is 3. The number of nitrogens with zero attached hydrogens (tertiary/aromatic N) is 3. The first-order chi connectivity index (χ1) is 16.0. The third-order valence-corrected chi connectivity index (χ3v) is 6.51. The minimum atomic E-state index is -4.20. The summed E-state index contributed by atoms with van der Waals surface area (Å²) < 4.78 is 40.7. The van der Waals surface area contributed by atoms with Crippen LogP contribution in [0.5, 0.6) is 0 Å². The van der Waals surface area contributed by atoms with Gasteiger partial charge in [-0.15, -0.1) is 0 Å². The minimum absolute atomic E-state index is 0.0349. The van der Waals surface area contributed by atoms with Crippen molar-refractivity contribution in [3.05, 3.63) is 46.0 Å². The summed E-state index contributed by atoms with van der Waals surface area (Å²) in [7, 11) is 3.37. The third-order valence-electron chi connectivity index (χ3n) is 6.51. The number of hydrogen-bond acceptors (Lipinski definition) is 6. The zero-order valence-electron chi connectivity index (χ0n) is 19.3. The van der Waals surface area contributed by atoms with E-state index in [1.807, 2.05) is 7.05 Å². The molecule has 3 rings (SSSR count). The summed E-state index contributed by atoms with van der Waals surface area (Å²) in [5.74, 6) is -1.23. The lowest BCUT2D eigenvalue weighted by molar-refractivity contribution is -0.383. The molecular formula is C22H29F3N6O3. The normalized spacial score (nSPS) is 19.4. The first-order valence-electron chi connectivity index (χ1n) is 11.1. The van der Waals surface area contributed by atoms with Gasteiger partial charge in [0.15, 0.2) is 0 Å². The zero-order valence-corrected chi connectivity index (χ0v) is 19.3. The van der Waals surface area contributed by atoms with E-state index in [4.69, 9.17) is 0 Å². The second kappa shape index (κ2) is 10.3. The van der Waals surface area contributed by atoms with Gasteiger partial charge in [0.05, 0.1) is 22.9 Å². The summed E-state index contributed by atoms with van der Waals surface area (Å²) in [5.41, 5.74) is 0.440. The Kier molecular flexibility index (Phi) is 7.68. The number of alkyl halides is 3. The summed E-state index contributed by atoms with van der Waals surface area (Å²) in [4.78, 5) is 28.3. The molecule has 3 N–H and O–H groups in total. The Morgan fingerprint density at radius 2 is 1.94 bits per heavy atom. The van der Waals surface area contributed by atoms with Crippen molar-refractivity contribution in [3.8, 4) is 0 Å². The Bertz CT molecular complexity index is 1030. The number of anilines is 2. The summed E-state index contributed by atoms with van der Waals surface area (Å²) in [5, 5.41) is 20.3. The number of aromatic nitrogens is 2. The molecule has 1 amide bonds. The number of carbonyl (C=O) groups is 1. The Morgan fingerprint density at radius 1 is 1.26 bits per heavy atom. The van der Waals surface area contributed by atoms with E-state index in [1.54, 1.807) is 30.9 Å². The molecule has 0 unspecified atom stereocenters. The number of aryl methyl sites for hydroxylation is 1. The summed E-state index contributed by atoms with van der Waals surface area (Å²) in [6, 6.07) is 2.32. The van der Waals surface area contributed by atoms with Crippen LogP contribution in [0.2, 0.25) is 0 Å². The van der Waals surface area contributed by atoms with E-state index < -0.39 is 22.9 Å². The summed E-state index contributed by atoms with van der Waals surface area (Å²) in [6.07, 6.45) is -0.00750. The molecule has 1 fully saturated rings. The molecule has 2 aromatic rings. The van der Waals surface area contributed by atoms with Gasteiger partial charge in [-0.1, -0.05) is 0 Å². The summed E-state index contributed by atoms with van der Waals surface area (Å²) >= 11 is 0. The van der Waals surface area contributed by atoms with Crippen LogP contribution in [0.15, 0.2) is 24.5 Å². The van der Waals surface area contributed by atoms with Gasteiger partial charge in [-0.2, -0.15) is 13.2 Å². The molecule has 0 radical (unpaired) electrons. The Morgan fingerprint density at radius 3 is 2.47 bits per heavy atom. The SMILES string of the molecule is CNc1cc(NCc2nccn2C)c(C(=O)N[C@H](C)C2CCC(C(F)(F)F)CC2)cc1[N+](=O)[O-]. The van der Waals surface area contributed by atoms with E-state index in [-0.39, 0.29) is 48.3 Å². The van der Waals surface area contributed by atoms with Gasteiger partial charge in [-0.05, 0) is 44.6 Å². The molecule has 0 saturated heterocycles. The van der Waals surface area contributed by atoms with E-state index >= 15 is 0 Å². The van der Waals surface area contributed by atoms with Crippen LogP contribution in [-0.4, -0.2) is 39.6 Å². The number of hydrogen-bond donors (Lipinski definition) is 3. The summed E-state index contributed by atoms with van der Waals surface area (Å²) in [6.45, 7) is 2.04. The highest BCUT2D eigenvalue weighted by molar-refractivity contribution is 6.01. The highest BCUT2D eigenvalue weighted by Gasteiger charge is 2.42. The van der Waals surface area contributed by atoms with Crippen LogP contribution in [0, 0.1) is 22.0 Å². The van der Waals surface area contributed by atoms with Crippen molar-refractivity contribution in [3.63, 3.8) is 0 Å². The van der Waals surface area contributed by atoms with Crippen LogP contribution in [0.25, 0.3) is 0 Å². The number of benzene rings is 1. The van der Waals surface area contributed by atoms with Crippen LogP contribution in [-0.2, 0) is 13.6 Å². The van der Waals surface area contributed by atoms with E-state index in [2.05, 4.69) is 20.9 Å². The van der Waals surface area contributed by atoms with E-state index in [0.717, 1.165) is 0 Å². The van der Waals surface area contributed by atoms with Gasteiger partial charge < -0.3 is 20.5 Å². The van der Waals surface area contributed by atoms with Crippen molar-refractivity contribution < 1.29 is 22.9 Å². The Labute approximate surface area is 195 Å². The molecule has 1 heterocycles. The van der Waals surface area contributed by atoms with E-state index in [0.29, 0.717) is 24.4 Å². The molecule has 9 nitrogen and oxygen atoms in total. The quantitative estimate of drug-likeness (QED) is 0.378. The van der Waals surface area contributed by atoms with Gasteiger partial charge in [0, 0.05) is 44.3 Å². The van der Waals surface area contributed by atoms with E-state index in [1.165, 1.54) is 12.1 Å². The van der Waals surface area contributed by atoms with Crippen LogP contribution in [0.4, 0.5) is 30.2 Å². The second-order valence-corrected chi connectivity index (χ2v) is 8.65. The van der Waals surface area contributed by atoms with Gasteiger partial charge >= 0.3 is 6.18 Å². The van der Waals surface area contributed by atoms with Gasteiger partial charge in [-0.3, -0.25) is 14.9 Å². The fraction of sp³-hybridized carbons (Fsp3) is 0.545. The molecular weight excluding hydrogens is 453 g/mol. The molecule has 1 aromatic heterocycles. The second-order valence-electron chi connectivity index (χ2n) is 8.65. The first kappa shape index (κ1) is 25.3. The lowest BCUT2D eigenvalue weighted by atomic mass is 9.78. The van der Waals surface area contributed by atoms with Crippen molar-refractivity contribution in [2.75, 3.05) is 17.7 Å². The molecule has 34 heavy (non-hydrogen) atoms. The molecule has 1 atom stereocenters. The average molecular weight is 483 g/mol. The molecule has 0 aliphatic heterocycles. The molecule has 1 aromatic carbocycles. The maximum atomic E-state index is 13.1. The molecule has 0 spiro atoms. The number of nitro groups is 1. The maximum Gasteiger partial charge on any atom is 0.391 e. The predicted molar refractivity (Wildman–Crippen MR) is 122 cm³/mol. The predicted octanol–water partition coefficient (Wildman–Crippen LogP) is 4.47. The Balaban J connectivity index is 1.78. The number of imidazole rings is 1. The standard InChI is InChI=1S/C22H29F3N6O3/c1-13(14-4-6-15(7-5-14)22(23,24)25)29-21(32)16-10-19(31(33)34)18(26-2)11-17(16)28-12-20-27-8-9-30(20)3/h8-11,13-15,26,28H,4-7,12H2,1-3H3,(H,29,32)/t13-,14?,15?/m1/s1.